The molecule has 0 bridgehead atoms. The molecule has 0 unspecified atom stereocenters. The highest BCUT2D eigenvalue weighted by Crippen LogP contribution is 2.31. The standard InChI is InChI=1S/C19H31NO3.C9H6O2/c1-5-6-7-8-9-10-11-12-19(21)23-18-15-16(20(2)3)13-14-17(18)22-4;10-9-6-5-7-3-1-2-4-8(7)11-9/h13-15H,5-12H2,1-4H3;1-6H. The van der Waals surface area contributed by atoms with E-state index in [1.54, 1.807) is 19.2 Å². The highest BCUT2D eigenvalue weighted by atomic mass is 16.6. The number of esters is 1. The van der Waals surface area contributed by atoms with Gasteiger partial charge in [-0.3, -0.25) is 4.79 Å². The fourth-order valence-corrected chi connectivity index (χ4v) is 3.43. The molecule has 0 saturated heterocycles. The molecule has 1 heterocycles. The Kier molecular flexibility index (Phi) is 11.7. The molecule has 0 saturated carbocycles. The van der Waals surface area contributed by atoms with Gasteiger partial charge in [-0.1, -0.05) is 63.6 Å². The molecule has 6 nitrogen and oxygen atoms in total. The van der Waals surface area contributed by atoms with Crippen molar-refractivity contribution in [3.05, 3.63) is 65.0 Å². The molecule has 0 spiro atoms. The molecular formula is C28H37NO5. The first kappa shape index (κ1) is 27.0. The molecule has 0 amide bonds. The first-order chi connectivity index (χ1) is 16.4. The minimum atomic E-state index is -0.302. The Morgan fingerprint density at radius 3 is 2.29 bits per heavy atom. The smallest absolute Gasteiger partial charge is 0.336 e. The van der Waals surface area contributed by atoms with E-state index in [1.807, 2.05) is 55.4 Å². The lowest BCUT2D eigenvalue weighted by molar-refractivity contribution is -0.134. The molecule has 3 aromatic rings. The average molecular weight is 468 g/mol. The van der Waals surface area contributed by atoms with Crippen LogP contribution in [0.4, 0.5) is 5.69 Å². The van der Waals surface area contributed by atoms with E-state index in [1.165, 1.54) is 38.2 Å². The highest BCUT2D eigenvalue weighted by molar-refractivity contribution is 5.75. The Morgan fingerprint density at radius 2 is 1.59 bits per heavy atom. The van der Waals surface area contributed by atoms with Gasteiger partial charge in [0.25, 0.3) is 0 Å². The van der Waals surface area contributed by atoms with Crippen molar-refractivity contribution in [3.8, 4) is 11.5 Å². The minimum Gasteiger partial charge on any atom is -0.493 e. The first-order valence-corrected chi connectivity index (χ1v) is 12.0. The lowest BCUT2D eigenvalue weighted by atomic mass is 10.1. The maximum atomic E-state index is 12.0. The van der Waals surface area contributed by atoms with Crippen LogP contribution < -0.4 is 20.0 Å². The Labute approximate surface area is 202 Å². The Bertz CT molecular complexity index is 1070. The Hall–Kier alpha value is -3.28. The zero-order chi connectivity index (χ0) is 24.8. The number of rotatable bonds is 11. The minimum absolute atomic E-state index is 0.187. The van der Waals surface area contributed by atoms with Gasteiger partial charge in [-0.05, 0) is 30.7 Å². The van der Waals surface area contributed by atoms with Gasteiger partial charge in [0, 0.05) is 43.7 Å². The third-order valence-electron chi connectivity index (χ3n) is 5.40. The number of ether oxygens (including phenoxy) is 2. The van der Waals surface area contributed by atoms with Crippen LogP contribution in [0, 0.1) is 0 Å². The predicted molar refractivity (Wildman–Crippen MR) is 138 cm³/mol. The summed E-state index contributed by atoms with van der Waals surface area (Å²) in [5, 5.41) is 0.951. The number of fused-ring (bicyclic) bond motifs is 1. The Balaban J connectivity index is 0.000000305. The van der Waals surface area contributed by atoms with Gasteiger partial charge in [0.1, 0.15) is 5.58 Å². The van der Waals surface area contributed by atoms with Gasteiger partial charge in [-0.25, -0.2) is 4.79 Å². The van der Waals surface area contributed by atoms with Crippen LogP contribution in [-0.4, -0.2) is 27.2 Å². The largest absolute Gasteiger partial charge is 0.493 e. The summed E-state index contributed by atoms with van der Waals surface area (Å²) in [5.74, 6) is 0.892. The molecule has 184 valence electrons. The van der Waals surface area contributed by atoms with Crippen molar-refractivity contribution in [2.75, 3.05) is 26.1 Å². The second-order valence-corrected chi connectivity index (χ2v) is 8.37. The van der Waals surface area contributed by atoms with E-state index in [9.17, 15) is 9.59 Å². The summed E-state index contributed by atoms with van der Waals surface area (Å²) in [6, 6.07) is 16.2. The fraction of sp³-hybridized carbons (Fsp3) is 0.429. The molecule has 0 aliphatic heterocycles. The summed E-state index contributed by atoms with van der Waals surface area (Å²) in [4.78, 5) is 24.7. The van der Waals surface area contributed by atoms with Gasteiger partial charge in [-0.15, -0.1) is 0 Å². The van der Waals surface area contributed by atoms with Gasteiger partial charge in [0.15, 0.2) is 11.5 Å². The number of unbranched alkanes of at least 4 members (excludes halogenated alkanes) is 6. The van der Waals surface area contributed by atoms with Gasteiger partial charge < -0.3 is 18.8 Å². The molecule has 0 N–H and O–H groups in total. The number of para-hydroxylation sites is 1. The highest BCUT2D eigenvalue weighted by Gasteiger charge is 2.11. The zero-order valence-corrected chi connectivity index (χ0v) is 20.8. The van der Waals surface area contributed by atoms with Crippen molar-refractivity contribution in [1.82, 2.24) is 0 Å². The van der Waals surface area contributed by atoms with Crippen LogP contribution in [0.2, 0.25) is 0 Å². The third-order valence-corrected chi connectivity index (χ3v) is 5.40. The Morgan fingerprint density at radius 1 is 0.882 bits per heavy atom. The molecule has 0 aliphatic rings. The number of hydrogen-bond donors (Lipinski definition) is 0. The molecule has 0 fully saturated rings. The molecule has 0 radical (unpaired) electrons. The van der Waals surface area contributed by atoms with E-state index in [2.05, 4.69) is 6.92 Å². The lowest BCUT2D eigenvalue weighted by Crippen LogP contribution is -2.11. The fourth-order valence-electron chi connectivity index (χ4n) is 3.43. The zero-order valence-electron chi connectivity index (χ0n) is 20.8. The van der Waals surface area contributed by atoms with E-state index in [-0.39, 0.29) is 11.6 Å². The van der Waals surface area contributed by atoms with Crippen molar-refractivity contribution in [2.45, 2.75) is 58.3 Å². The van der Waals surface area contributed by atoms with Crippen LogP contribution in [0.3, 0.4) is 0 Å². The van der Waals surface area contributed by atoms with Crippen LogP contribution in [0.25, 0.3) is 11.0 Å². The quantitative estimate of drug-likeness (QED) is 0.137. The maximum absolute atomic E-state index is 12.0. The SMILES string of the molecule is CCCCCCCCCC(=O)Oc1cc(N(C)C)ccc1OC.O=c1ccc2ccccc2o1. The van der Waals surface area contributed by atoms with Crippen molar-refractivity contribution in [3.63, 3.8) is 0 Å². The number of nitrogens with zero attached hydrogens (tertiary/aromatic N) is 1. The summed E-state index contributed by atoms with van der Waals surface area (Å²) < 4.78 is 15.7. The molecule has 34 heavy (non-hydrogen) atoms. The molecule has 2 aromatic carbocycles. The van der Waals surface area contributed by atoms with Gasteiger partial charge in [-0.2, -0.15) is 0 Å². The van der Waals surface area contributed by atoms with E-state index in [0.717, 1.165) is 23.9 Å². The van der Waals surface area contributed by atoms with Crippen molar-refractivity contribution in [1.29, 1.82) is 0 Å². The maximum Gasteiger partial charge on any atom is 0.336 e. The van der Waals surface area contributed by atoms with E-state index >= 15 is 0 Å². The summed E-state index contributed by atoms with van der Waals surface area (Å²) >= 11 is 0. The number of benzene rings is 2. The number of methoxy groups -OCH3 is 1. The summed E-state index contributed by atoms with van der Waals surface area (Å²) in [5.41, 5.74) is 1.31. The summed E-state index contributed by atoms with van der Waals surface area (Å²) in [7, 11) is 5.48. The van der Waals surface area contributed by atoms with Crippen molar-refractivity contribution in [2.24, 2.45) is 0 Å². The normalized spacial score (nSPS) is 10.4. The van der Waals surface area contributed by atoms with Crippen molar-refractivity contribution >= 4 is 22.6 Å². The monoisotopic (exact) mass is 467 g/mol. The molecule has 6 heteroatoms. The third kappa shape index (κ3) is 9.30. The van der Waals surface area contributed by atoms with E-state index in [0.29, 0.717) is 23.5 Å². The van der Waals surface area contributed by atoms with Crippen molar-refractivity contribution < 1.29 is 18.7 Å². The predicted octanol–water partition coefficient (Wildman–Crippen LogP) is 6.60. The van der Waals surface area contributed by atoms with E-state index < -0.39 is 0 Å². The first-order valence-electron chi connectivity index (χ1n) is 12.0. The van der Waals surface area contributed by atoms with Crippen LogP contribution in [0.15, 0.2) is 63.8 Å². The number of anilines is 1. The number of carbonyl (C=O) groups excluding carboxylic acids is 1. The van der Waals surface area contributed by atoms with E-state index in [4.69, 9.17) is 13.9 Å². The van der Waals surface area contributed by atoms with Gasteiger partial charge in [0.2, 0.25) is 0 Å². The van der Waals surface area contributed by atoms with Crippen LogP contribution >= 0.6 is 0 Å². The lowest BCUT2D eigenvalue weighted by Gasteiger charge is -2.15. The number of hydrogen-bond acceptors (Lipinski definition) is 6. The van der Waals surface area contributed by atoms with Crippen LogP contribution in [-0.2, 0) is 4.79 Å². The molecule has 1 aromatic heterocycles. The molecule has 0 aliphatic carbocycles. The summed E-state index contributed by atoms with van der Waals surface area (Å²) in [6.45, 7) is 2.22. The second kappa shape index (κ2) is 14.8. The van der Waals surface area contributed by atoms with Crippen LogP contribution in [0.5, 0.6) is 11.5 Å². The molecule has 0 atom stereocenters. The number of carbonyl (C=O) groups is 1. The average Bonchev–Trinajstić information content (AvgIpc) is 2.83. The topological polar surface area (TPSA) is 69.0 Å². The molecule has 3 rings (SSSR count). The van der Waals surface area contributed by atoms with Gasteiger partial charge >= 0.3 is 11.6 Å². The summed E-state index contributed by atoms with van der Waals surface area (Å²) in [6.07, 6.45) is 8.78. The van der Waals surface area contributed by atoms with Crippen LogP contribution in [0.1, 0.15) is 58.3 Å². The molecular weight excluding hydrogens is 430 g/mol. The van der Waals surface area contributed by atoms with Gasteiger partial charge in [0.05, 0.1) is 7.11 Å². The second-order valence-electron chi connectivity index (χ2n) is 8.37.